The molecule has 0 spiro atoms. The molecular formula is C22H27Cl2N. The summed E-state index contributed by atoms with van der Waals surface area (Å²) in [5, 5.41) is 1.38. The summed E-state index contributed by atoms with van der Waals surface area (Å²) in [6, 6.07) is 14.5. The zero-order valence-electron chi connectivity index (χ0n) is 15.0. The SMILES string of the molecule is CC(CCN1CCCCCC1)c1ccc(-c2ccc(Cl)cc2Cl)cc1. The number of likely N-dealkylation sites (tertiary alicyclic amines) is 1. The summed E-state index contributed by atoms with van der Waals surface area (Å²) < 4.78 is 0. The molecule has 3 heteroatoms. The van der Waals surface area contributed by atoms with Crippen LogP contribution >= 0.6 is 23.2 Å². The first-order valence-electron chi connectivity index (χ1n) is 9.41. The fourth-order valence-corrected chi connectivity index (χ4v) is 4.14. The van der Waals surface area contributed by atoms with E-state index in [0.717, 1.165) is 11.1 Å². The second-order valence-electron chi connectivity index (χ2n) is 7.19. The highest BCUT2D eigenvalue weighted by Crippen LogP contribution is 2.31. The van der Waals surface area contributed by atoms with Crippen molar-refractivity contribution >= 4 is 23.2 Å². The van der Waals surface area contributed by atoms with Crippen LogP contribution in [0.1, 0.15) is 50.5 Å². The smallest absolute Gasteiger partial charge is 0.0499 e. The molecule has 1 atom stereocenters. The number of halogens is 2. The summed E-state index contributed by atoms with van der Waals surface area (Å²) in [7, 11) is 0. The lowest BCUT2D eigenvalue weighted by Crippen LogP contribution is -2.26. The summed E-state index contributed by atoms with van der Waals surface area (Å²) in [6.45, 7) is 6.11. The summed E-state index contributed by atoms with van der Waals surface area (Å²) in [5.41, 5.74) is 3.59. The van der Waals surface area contributed by atoms with Gasteiger partial charge in [-0.15, -0.1) is 0 Å². The van der Waals surface area contributed by atoms with Crippen LogP contribution in [0.4, 0.5) is 0 Å². The van der Waals surface area contributed by atoms with Gasteiger partial charge in [0, 0.05) is 15.6 Å². The average molecular weight is 376 g/mol. The van der Waals surface area contributed by atoms with Crippen molar-refractivity contribution < 1.29 is 0 Å². The maximum absolute atomic E-state index is 6.33. The van der Waals surface area contributed by atoms with E-state index in [1.807, 2.05) is 12.1 Å². The molecule has 2 aromatic carbocycles. The van der Waals surface area contributed by atoms with E-state index in [9.17, 15) is 0 Å². The van der Waals surface area contributed by atoms with Crippen molar-refractivity contribution in [3.05, 3.63) is 58.1 Å². The molecule has 1 fully saturated rings. The molecule has 0 aliphatic carbocycles. The van der Waals surface area contributed by atoms with E-state index >= 15 is 0 Å². The zero-order chi connectivity index (χ0) is 17.6. The van der Waals surface area contributed by atoms with E-state index in [4.69, 9.17) is 23.2 Å². The van der Waals surface area contributed by atoms with Gasteiger partial charge in [-0.25, -0.2) is 0 Å². The molecule has 1 saturated heterocycles. The number of rotatable bonds is 5. The van der Waals surface area contributed by atoms with Crippen molar-refractivity contribution in [1.29, 1.82) is 0 Å². The van der Waals surface area contributed by atoms with Crippen LogP contribution in [0.25, 0.3) is 11.1 Å². The van der Waals surface area contributed by atoms with Crippen molar-refractivity contribution in [3.8, 4) is 11.1 Å². The normalized spacial score (nSPS) is 17.2. The Hall–Kier alpha value is -1.02. The third-order valence-electron chi connectivity index (χ3n) is 5.30. The molecule has 25 heavy (non-hydrogen) atoms. The molecule has 1 heterocycles. The Balaban J connectivity index is 1.61. The minimum Gasteiger partial charge on any atom is -0.303 e. The molecule has 0 bridgehead atoms. The maximum atomic E-state index is 6.33. The molecule has 0 N–H and O–H groups in total. The zero-order valence-corrected chi connectivity index (χ0v) is 16.5. The number of hydrogen-bond acceptors (Lipinski definition) is 1. The van der Waals surface area contributed by atoms with Crippen LogP contribution in [0.5, 0.6) is 0 Å². The first-order chi connectivity index (χ1) is 12.1. The first-order valence-corrected chi connectivity index (χ1v) is 10.2. The molecule has 134 valence electrons. The summed E-state index contributed by atoms with van der Waals surface area (Å²) in [6.07, 6.45) is 6.76. The van der Waals surface area contributed by atoms with Crippen molar-refractivity contribution in [1.82, 2.24) is 4.90 Å². The highest BCUT2D eigenvalue weighted by atomic mass is 35.5. The molecular weight excluding hydrogens is 349 g/mol. The Morgan fingerprint density at radius 3 is 2.24 bits per heavy atom. The van der Waals surface area contributed by atoms with E-state index in [-0.39, 0.29) is 0 Å². The van der Waals surface area contributed by atoms with Crippen molar-refractivity contribution in [2.24, 2.45) is 0 Å². The van der Waals surface area contributed by atoms with Crippen LogP contribution in [0.3, 0.4) is 0 Å². The maximum Gasteiger partial charge on any atom is 0.0499 e. The monoisotopic (exact) mass is 375 g/mol. The van der Waals surface area contributed by atoms with Crippen LogP contribution in [0.2, 0.25) is 10.0 Å². The molecule has 1 unspecified atom stereocenters. The Morgan fingerprint density at radius 1 is 0.920 bits per heavy atom. The van der Waals surface area contributed by atoms with Gasteiger partial charge in [0.1, 0.15) is 0 Å². The van der Waals surface area contributed by atoms with Crippen LogP contribution in [0, 0.1) is 0 Å². The minimum atomic E-state index is 0.581. The van der Waals surface area contributed by atoms with Crippen LogP contribution in [-0.4, -0.2) is 24.5 Å². The lowest BCUT2D eigenvalue weighted by Gasteiger charge is -2.22. The summed E-state index contributed by atoms with van der Waals surface area (Å²) in [5.74, 6) is 0.581. The second-order valence-corrected chi connectivity index (χ2v) is 8.04. The average Bonchev–Trinajstić information content (AvgIpc) is 2.89. The molecule has 1 aliphatic rings. The fraction of sp³-hybridized carbons (Fsp3) is 0.455. The predicted molar refractivity (Wildman–Crippen MR) is 110 cm³/mol. The second kappa shape index (κ2) is 9.07. The van der Waals surface area contributed by atoms with Gasteiger partial charge >= 0.3 is 0 Å². The Kier molecular flexibility index (Phi) is 6.81. The minimum absolute atomic E-state index is 0.581. The highest BCUT2D eigenvalue weighted by Gasteiger charge is 2.12. The van der Waals surface area contributed by atoms with E-state index in [1.165, 1.54) is 57.3 Å². The van der Waals surface area contributed by atoms with E-state index in [0.29, 0.717) is 16.0 Å². The molecule has 0 aromatic heterocycles. The molecule has 0 amide bonds. The lowest BCUT2D eigenvalue weighted by molar-refractivity contribution is 0.275. The molecule has 0 saturated carbocycles. The van der Waals surface area contributed by atoms with Gasteiger partial charge in [-0.2, -0.15) is 0 Å². The van der Waals surface area contributed by atoms with Crippen LogP contribution in [0.15, 0.2) is 42.5 Å². The quantitative estimate of drug-likeness (QED) is 0.541. The van der Waals surface area contributed by atoms with Gasteiger partial charge in [0.2, 0.25) is 0 Å². The van der Waals surface area contributed by atoms with E-state index < -0.39 is 0 Å². The first kappa shape index (κ1) is 18.8. The van der Waals surface area contributed by atoms with Crippen molar-refractivity contribution in [2.75, 3.05) is 19.6 Å². The molecule has 1 aliphatic heterocycles. The summed E-state index contributed by atoms with van der Waals surface area (Å²) >= 11 is 12.3. The number of benzene rings is 2. The van der Waals surface area contributed by atoms with Gasteiger partial charge in [-0.05, 0) is 68.1 Å². The third kappa shape index (κ3) is 5.23. The molecule has 3 rings (SSSR count). The van der Waals surface area contributed by atoms with E-state index in [1.54, 1.807) is 6.07 Å². The Labute approximate surface area is 161 Å². The van der Waals surface area contributed by atoms with Gasteiger partial charge in [-0.3, -0.25) is 0 Å². The standard InChI is InChI=1S/C22H27Cl2N/c1-17(12-15-25-13-4-2-3-5-14-25)18-6-8-19(9-7-18)21-11-10-20(23)16-22(21)24/h6-11,16-17H,2-5,12-15H2,1H3. The van der Waals surface area contributed by atoms with Gasteiger partial charge in [-0.1, -0.05) is 73.3 Å². The van der Waals surface area contributed by atoms with Crippen molar-refractivity contribution in [2.45, 2.75) is 44.9 Å². The van der Waals surface area contributed by atoms with Gasteiger partial charge in [0.25, 0.3) is 0 Å². The van der Waals surface area contributed by atoms with Crippen LogP contribution in [-0.2, 0) is 0 Å². The van der Waals surface area contributed by atoms with E-state index in [2.05, 4.69) is 36.1 Å². The Morgan fingerprint density at radius 2 is 1.60 bits per heavy atom. The van der Waals surface area contributed by atoms with Crippen molar-refractivity contribution in [3.63, 3.8) is 0 Å². The lowest BCUT2D eigenvalue weighted by atomic mass is 9.95. The molecule has 2 aromatic rings. The Bertz CT molecular complexity index is 673. The number of nitrogens with zero attached hydrogens (tertiary/aromatic N) is 1. The molecule has 1 nitrogen and oxygen atoms in total. The fourth-order valence-electron chi connectivity index (χ4n) is 3.62. The molecule has 0 radical (unpaired) electrons. The highest BCUT2D eigenvalue weighted by molar-refractivity contribution is 6.36. The van der Waals surface area contributed by atoms with Gasteiger partial charge in [0.15, 0.2) is 0 Å². The topological polar surface area (TPSA) is 3.24 Å². The van der Waals surface area contributed by atoms with Gasteiger partial charge < -0.3 is 4.90 Å². The third-order valence-corrected chi connectivity index (χ3v) is 5.85. The van der Waals surface area contributed by atoms with Crippen LogP contribution < -0.4 is 0 Å². The number of hydrogen-bond donors (Lipinski definition) is 0. The van der Waals surface area contributed by atoms with Gasteiger partial charge in [0.05, 0.1) is 0 Å². The summed E-state index contributed by atoms with van der Waals surface area (Å²) in [4.78, 5) is 2.64. The largest absolute Gasteiger partial charge is 0.303 e. The predicted octanol–water partition coefficient (Wildman–Crippen LogP) is 7.03.